The minimum absolute atomic E-state index is 0.0798. The number of benzene rings is 2. The van der Waals surface area contributed by atoms with E-state index in [4.69, 9.17) is 4.74 Å². The summed E-state index contributed by atoms with van der Waals surface area (Å²) in [6.07, 6.45) is 0. The summed E-state index contributed by atoms with van der Waals surface area (Å²) in [6.45, 7) is 9.37. The molecule has 1 amide bonds. The van der Waals surface area contributed by atoms with Crippen molar-refractivity contribution < 1.29 is 17.9 Å². The molecule has 3 rings (SSSR count). The summed E-state index contributed by atoms with van der Waals surface area (Å²) in [5, 5.41) is 0. The molecule has 0 saturated carbocycles. The molecule has 0 spiro atoms. The van der Waals surface area contributed by atoms with Crippen molar-refractivity contribution in [3.63, 3.8) is 0 Å². The Bertz CT molecular complexity index is 1030. The lowest BCUT2D eigenvalue weighted by atomic mass is 10.0. The van der Waals surface area contributed by atoms with E-state index in [9.17, 15) is 13.2 Å². The van der Waals surface area contributed by atoms with Crippen molar-refractivity contribution in [2.45, 2.75) is 39.2 Å². The number of aryl methyl sites for hydroxylation is 2. The van der Waals surface area contributed by atoms with Gasteiger partial charge in [-0.3, -0.25) is 4.79 Å². The fraction of sp³-hybridized carbons (Fsp3) is 0.435. The Morgan fingerprint density at radius 2 is 1.57 bits per heavy atom. The standard InChI is InChI=1S/C23H30N2O4S/c1-16-13-17(2)19(4)22(18(16)3)30(27,28)25-11-9-24(10-12-25)23(26)21-8-6-7-20(14-21)15-29-5/h6-8,13-14H,9-12,15H2,1-5H3. The van der Waals surface area contributed by atoms with E-state index in [-0.39, 0.29) is 19.0 Å². The van der Waals surface area contributed by atoms with Gasteiger partial charge in [0, 0.05) is 38.9 Å². The van der Waals surface area contributed by atoms with E-state index >= 15 is 0 Å². The second-order valence-corrected chi connectivity index (χ2v) is 9.79. The van der Waals surface area contributed by atoms with Crippen molar-refractivity contribution in [1.82, 2.24) is 9.21 Å². The van der Waals surface area contributed by atoms with Crippen LogP contribution in [0.4, 0.5) is 0 Å². The molecule has 0 bridgehead atoms. The van der Waals surface area contributed by atoms with Crippen LogP contribution in [0.2, 0.25) is 0 Å². The van der Waals surface area contributed by atoms with Gasteiger partial charge < -0.3 is 9.64 Å². The van der Waals surface area contributed by atoms with Gasteiger partial charge >= 0.3 is 0 Å². The maximum Gasteiger partial charge on any atom is 0.253 e. The van der Waals surface area contributed by atoms with Crippen LogP contribution in [0.3, 0.4) is 0 Å². The summed E-state index contributed by atoms with van der Waals surface area (Å²) in [5.41, 5.74) is 5.08. The molecule has 0 radical (unpaired) electrons. The number of nitrogens with zero attached hydrogens (tertiary/aromatic N) is 2. The fourth-order valence-corrected chi connectivity index (χ4v) is 5.97. The molecule has 6 nitrogen and oxygen atoms in total. The summed E-state index contributed by atoms with van der Waals surface area (Å²) in [5.74, 6) is -0.0798. The van der Waals surface area contributed by atoms with Gasteiger partial charge in [-0.1, -0.05) is 18.2 Å². The number of hydrogen-bond donors (Lipinski definition) is 0. The number of amides is 1. The van der Waals surface area contributed by atoms with Gasteiger partial charge in [-0.05, 0) is 67.6 Å². The molecule has 1 heterocycles. The molecule has 7 heteroatoms. The van der Waals surface area contributed by atoms with Crippen LogP contribution in [-0.2, 0) is 21.4 Å². The van der Waals surface area contributed by atoms with E-state index < -0.39 is 10.0 Å². The zero-order chi connectivity index (χ0) is 22.1. The molecule has 0 atom stereocenters. The monoisotopic (exact) mass is 430 g/mol. The molecule has 1 aliphatic rings. The topological polar surface area (TPSA) is 66.9 Å². The van der Waals surface area contributed by atoms with E-state index in [2.05, 4.69) is 0 Å². The van der Waals surface area contributed by atoms with Crippen molar-refractivity contribution in [2.24, 2.45) is 0 Å². The van der Waals surface area contributed by atoms with Crippen molar-refractivity contribution in [2.75, 3.05) is 33.3 Å². The maximum atomic E-state index is 13.4. The Kier molecular flexibility index (Phi) is 6.65. The minimum atomic E-state index is -3.62. The Labute approximate surface area is 179 Å². The lowest BCUT2D eigenvalue weighted by Crippen LogP contribution is -2.50. The molecule has 2 aromatic rings. The van der Waals surface area contributed by atoms with E-state index in [0.29, 0.717) is 30.2 Å². The molecule has 162 valence electrons. The van der Waals surface area contributed by atoms with Crippen LogP contribution in [-0.4, -0.2) is 56.8 Å². The van der Waals surface area contributed by atoms with E-state index in [1.165, 1.54) is 4.31 Å². The normalized spacial score (nSPS) is 15.4. The van der Waals surface area contributed by atoms with Crippen LogP contribution in [0.5, 0.6) is 0 Å². The highest BCUT2D eigenvalue weighted by molar-refractivity contribution is 7.89. The fourth-order valence-electron chi connectivity index (χ4n) is 3.97. The summed E-state index contributed by atoms with van der Waals surface area (Å²) in [6, 6.07) is 9.40. The Hall–Kier alpha value is -2.22. The molecule has 30 heavy (non-hydrogen) atoms. The van der Waals surface area contributed by atoms with Crippen LogP contribution >= 0.6 is 0 Å². The second-order valence-electron chi connectivity index (χ2n) is 7.92. The van der Waals surface area contributed by atoms with Crippen LogP contribution < -0.4 is 0 Å². The Morgan fingerprint density at radius 3 is 2.13 bits per heavy atom. The summed E-state index contributed by atoms with van der Waals surface area (Å²) in [7, 11) is -2.00. The number of sulfonamides is 1. The SMILES string of the molecule is COCc1cccc(C(=O)N2CCN(S(=O)(=O)c3c(C)c(C)cc(C)c3C)CC2)c1. The predicted octanol–water partition coefficient (Wildman–Crippen LogP) is 3.21. The number of ether oxygens (including phenoxy) is 1. The average Bonchev–Trinajstić information content (AvgIpc) is 2.72. The molecule has 0 aromatic heterocycles. The first-order valence-electron chi connectivity index (χ1n) is 10.1. The third-order valence-electron chi connectivity index (χ3n) is 5.91. The second kappa shape index (κ2) is 8.88. The van der Waals surface area contributed by atoms with Crippen molar-refractivity contribution in [3.8, 4) is 0 Å². The van der Waals surface area contributed by atoms with E-state index in [1.54, 1.807) is 18.1 Å². The molecular formula is C23H30N2O4S. The van der Waals surface area contributed by atoms with Gasteiger partial charge in [-0.25, -0.2) is 8.42 Å². The lowest BCUT2D eigenvalue weighted by Gasteiger charge is -2.35. The number of methoxy groups -OCH3 is 1. The van der Waals surface area contributed by atoms with Gasteiger partial charge in [0.25, 0.3) is 5.91 Å². The van der Waals surface area contributed by atoms with Gasteiger partial charge in [0.2, 0.25) is 10.0 Å². The van der Waals surface area contributed by atoms with E-state index in [0.717, 1.165) is 27.8 Å². The van der Waals surface area contributed by atoms with Crippen molar-refractivity contribution in [1.29, 1.82) is 0 Å². The largest absolute Gasteiger partial charge is 0.380 e. The van der Waals surface area contributed by atoms with E-state index in [1.807, 2.05) is 52.0 Å². The van der Waals surface area contributed by atoms with Crippen LogP contribution in [0.25, 0.3) is 0 Å². The molecule has 0 unspecified atom stereocenters. The highest BCUT2D eigenvalue weighted by Crippen LogP contribution is 2.29. The third-order valence-corrected chi connectivity index (χ3v) is 8.08. The van der Waals surface area contributed by atoms with Gasteiger partial charge in [0.15, 0.2) is 0 Å². The van der Waals surface area contributed by atoms with Crippen molar-refractivity contribution >= 4 is 15.9 Å². The third kappa shape index (κ3) is 4.29. The first kappa shape index (κ1) is 22.5. The van der Waals surface area contributed by atoms with Crippen LogP contribution in [0.15, 0.2) is 35.2 Å². The highest BCUT2D eigenvalue weighted by Gasteiger charge is 2.33. The predicted molar refractivity (Wildman–Crippen MR) is 117 cm³/mol. The van der Waals surface area contributed by atoms with Gasteiger partial charge in [0.1, 0.15) is 0 Å². The molecule has 0 aliphatic carbocycles. The van der Waals surface area contributed by atoms with Crippen LogP contribution in [0.1, 0.15) is 38.2 Å². The molecule has 1 aliphatic heterocycles. The molecule has 1 saturated heterocycles. The quantitative estimate of drug-likeness (QED) is 0.731. The zero-order valence-corrected chi connectivity index (χ0v) is 19.2. The number of carbonyl (C=O) groups is 1. The summed E-state index contributed by atoms with van der Waals surface area (Å²) < 4.78 is 33.5. The lowest BCUT2D eigenvalue weighted by molar-refractivity contribution is 0.0697. The Morgan fingerprint density at radius 1 is 0.967 bits per heavy atom. The molecule has 1 fully saturated rings. The number of hydrogen-bond acceptors (Lipinski definition) is 4. The van der Waals surface area contributed by atoms with Gasteiger partial charge in [-0.15, -0.1) is 0 Å². The minimum Gasteiger partial charge on any atom is -0.380 e. The Balaban J connectivity index is 1.77. The molecule has 0 N–H and O–H groups in total. The highest BCUT2D eigenvalue weighted by atomic mass is 32.2. The molecular weight excluding hydrogens is 400 g/mol. The number of carbonyl (C=O) groups excluding carboxylic acids is 1. The van der Waals surface area contributed by atoms with Crippen molar-refractivity contribution in [3.05, 3.63) is 63.7 Å². The van der Waals surface area contributed by atoms with Gasteiger partial charge in [0.05, 0.1) is 11.5 Å². The number of rotatable bonds is 5. The molecule has 2 aromatic carbocycles. The van der Waals surface area contributed by atoms with Gasteiger partial charge in [-0.2, -0.15) is 4.31 Å². The zero-order valence-electron chi connectivity index (χ0n) is 18.4. The summed E-state index contributed by atoms with van der Waals surface area (Å²) >= 11 is 0. The van der Waals surface area contributed by atoms with Crippen LogP contribution in [0, 0.1) is 27.7 Å². The summed E-state index contributed by atoms with van der Waals surface area (Å²) in [4.78, 5) is 15.0. The number of piperazine rings is 1. The average molecular weight is 431 g/mol. The smallest absolute Gasteiger partial charge is 0.253 e. The maximum absolute atomic E-state index is 13.4. The first-order chi connectivity index (χ1) is 14.2. The first-order valence-corrected chi connectivity index (χ1v) is 11.6.